The Bertz CT molecular complexity index is 767. The van der Waals surface area contributed by atoms with E-state index >= 15 is 0 Å². The number of fused-ring (bicyclic) bond motifs is 1. The number of aromatic nitrogens is 1. The molecule has 0 spiro atoms. The first-order valence-electron chi connectivity index (χ1n) is 8.15. The van der Waals surface area contributed by atoms with Crippen LogP contribution in [0.3, 0.4) is 0 Å². The molecule has 23 heavy (non-hydrogen) atoms. The van der Waals surface area contributed by atoms with E-state index in [0.717, 1.165) is 23.5 Å². The largest absolute Gasteiger partial charge is 0.380 e. The van der Waals surface area contributed by atoms with E-state index in [2.05, 4.69) is 50.4 Å². The fourth-order valence-corrected chi connectivity index (χ4v) is 4.52. The SMILES string of the molecule is Cc1nc(-c2ccc3c(c2)C(C)CC(C)(C)N3)sc1CCC#N. The van der Waals surface area contributed by atoms with Gasteiger partial charge in [0.05, 0.1) is 11.8 Å². The van der Waals surface area contributed by atoms with Gasteiger partial charge in [0.15, 0.2) is 0 Å². The first-order valence-corrected chi connectivity index (χ1v) is 8.97. The van der Waals surface area contributed by atoms with Crippen LogP contribution in [-0.2, 0) is 6.42 Å². The van der Waals surface area contributed by atoms with Crippen molar-refractivity contribution in [2.24, 2.45) is 0 Å². The molecule has 0 radical (unpaired) electrons. The second-order valence-corrected chi connectivity index (χ2v) is 8.19. The lowest BCUT2D eigenvalue weighted by atomic mass is 9.81. The Morgan fingerprint density at radius 2 is 2.22 bits per heavy atom. The maximum atomic E-state index is 8.77. The molecule has 1 atom stereocenters. The smallest absolute Gasteiger partial charge is 0.123 e. The molecule has 2 aromatic rings. The molecule has 2 heterocycles. The molecular weight excluding hydrogens is 302 g/mol. The number of hydrogen-bond acceptors (Lipinski definition) is 4. The Labute approximate surface area is 142 Å². The summed E-state index contributed by atoms with van der Waals surface area (Å²) in [6.07, 6.45) is 2.49. The minimum absolute atomic E-state index is 0.149. The third-order valence-electron chi connectivity index (χ3n) is 4.48. The van der Waals surface area contributed by atoms with Gasteiger partial charge in [-0.25, -0.2) is 4.98 Å². The van der Waals surface area contributed by atoms with Gasteiger partial charge in [-0.05, 0) is 63.3 Å². The van der Waals surface area contributed by atoms with Gasteiger partial charge in [0.2, 0.25) is 0 Å². The van der Waals surface area contributed by atoms with Gasteiger partial charge in [0.25, 0.3) is 0 Å². The summed E-state index contributed by atoms with van der Waals surface area (Å²) in [5.74, 6) is 0.542. The van der Waals surface area contributed by atoms with Crippen molar-refractivity contribution in [3.8, 4) is 16.6 Å². The van der Waals surface area contributed by atoms with Crippen molar-refractivity contribution in [1.29, 1.82) is 5.26 Å². The van der Waals surface area contributed by atoms with Crippen molar-refractivity contribution >= 4 is 17.0 Å². The molecule has 1 aliphatic rings. The highest BCUT2D eigenvalue weighted by atomic mass is 32.1. The van der Waals surface area contributed by atoms with Gasteiger partial charge in [-0.3, -0.25) is 0 Å². The van der Waals surface area contributed by atoms with Crippen LogP contribution < -0.4 is 5.32 Å². The summed E-state index contributed by atoms with van der Waals surface area (Å²) in [5, 5.41) is 13.5. The summed E-state index contributed by atoms with van der Waals surface area (Å²) >= 11 is 1.72. The van der Waals surface area contributed by atoms with E-state index in [4.69, 9.17) is 10.2 Å². The minimum Gasteiger partial charge on any atom is -0.380 e. The molecule has 0 fully saturated rings. The predicted molar refractivity (Wildman–Crippen MR) is 97.0 cm³/mol. The number of nitrogens with one attached hydrogen (secondary N) is 1. The molecule has 0 saturated carbocycles. The van der Waals surface area contributed by atoms with Crippen LogP contribution in [0.15, 0.2) is 18.2 Å². The summed E-state index contributed by atoms with van der Waals surface area (Å²) in [4.78, 5) is 5.95. The molecule has 1 aromatic carbocycles. The molecule has 1 aromatic heterocycles. The molecule has 1 unspecified atom stereocenters. The van der Waals surface area contributed by atoms with Gasteiger partial charge in [-0.2, -0.15) is 5.26 Å². The maximum absolute atomic E-state index is 8.77. The van der Waals surface area contributed by atoms with Crippen molar-refractivity contribution < 1.29 is 0 Å². The average molecular weight is 325 g/mol. The van der Waals surface area contributed by atoms with Crippen LogP contribution in [0.1, 0.15) is 55.7 Å². The van der Waals surface area contributed by atoms with Crippen LogP contribution in [-0.4, -0.2) is 10.5 Å². The number of hydrogen-bond donors (Lipinski definition) is 1. The third kappa shape index (κ3) is 3.25. The zero-order valence-corrected chi connectivity index (χ0v) is 15.0. The highest BCUT2D eigenvalue weighted by Gasteiger charge is 2.29. The molecule has 3 nitrogen and oxygen atoms in total. The van der Waals surface area contributed by atoms with Crippen LogP contribution in [0.4, 0.5) is 5.69 Å². The van der Waals surface area contributed by atoms with E-state index in [9.17, 15) is 0 Å². The summed E-state index contributed by atoms with van der Waals surface area (Å²) in [6.45, 7) is 8.85. The van der Waals surface area contributed by atoms with E-state index in [-0.39, 0.29) is 5.54 Å². The highest BCUT2D eigenvalue weighted by Crippen LogP contribution is 2.41. The number of thiazole rings is 1. The Kier molecular flexibility index (Phi) is 4.16. The highest BCUT2D eigenvalue weighted by molar-refractivity contribution is 7.15. The second kappa shape index (κ2) is 5.98. The van der Waals surface area contributed by atoms with E-state index < -0.39 is 0 Å². The van der Waals surface area contributed by atoms with Gasteiger partial charge in [0.1, 0.15) is 5.01 Å². The van der Waals surface area contributed by atoms with E-state index in [1.165, 1.54) is 21.7 Å². The Morgan fingerprint density at radius 1 is 1.43 bits per heavy atom. The fourth-order valence-electron chi connectivity index (χ4n) is 3.46. The van der Waals surface area contributed by atoms with Gasteiger partial charge in [0, 0.05) is 28.1 Å². The number of anilines is 1. The second-order valence-electron chi connectivity index (χ2n) is 7.10. The number of rotatable bonds is 3. The number of aryl methyl sites for hydroxylation is 2. The van der Waals surface area contributed by atoms with Crippen LogP contribution in [0.5, 0.6) is 0 Å². The van der Waals surface area contributed by atoms with Gasteiger partial charge in [-0.15, -0.1) is 11.3 Å². The lowest BCUT2D eigenvalue weighted by molar-refractivity contribution is 0.454. The summed E-state index contributed by atoms with van der Waals surface area (Å²) < 4.78 is 0. The zero-order valence-electron chi connectivity index (χ0n) is 14.2. The van der Waals surface area contributed by atoms with Crippen LogP contribution in [0, 0.1) is 18.3 Å². The van der Waals surface area contributed by atoms with Crippen molar-refractivity contribution in [2.75, 3.05) is 5.32 Å². The van der Waals surface area contributed by atoms with Gasteiger partial charge < -0.3 is 5.32 Å². The Hall–Kier alpha value is -1.86. The van der Waals surface area contributed by atoms with E-state index in [1.807, 2.05) is 6.92 Å². The summed E-state index contributed by atoms with van der Waals surface area (Å²) in [6, 6.07) is 8.85. The molecular formula is C19H23N3S. The molecule has 0 saturated heterocycles. The molecule has 1 N–H and O–H groups in total. The molecule has 0 aliphatic carbocycles. The van der Waals surface area contributed by atoms with Crippen molar-refractivity contribution in [1.82, 2.24) is 4.98 Å². The van der Waals surface area contributed by atoms with Crippen LogP contribution >= 0.6 is 11.3 Å². The van der Waals surface area contributed by atoms with Crippen molar-refractivity contribution in [3.05, 3.63) is 34.3 Å². The summed E-state index contributed by atoms with van der Waals surface area (Å²) in [7, 11) is 0. The first kappa shape index (κ1) is 16.0. The predicted octanol–water partition coefficient (Wildman–Crippen LogP) is 5.27. The average Bonchev–Trinajstić information content (AvgIpc) is 2.85. The fraction of sp³-hybridized carbons (Fsp3) is 0.474. The van der Waals surface area contributed by atoms with Crippen molar-refractivity contribution in [2.45, 2.75) is 58.4 Å². The molecule has 3 rings (SSSR count). The lowest BCUT2D eigenvalue weighted by Crippen LogP contribution is -2.36. The normalized spacial score (nSPS) is 18.8. The standard InChI is InChI=1S/C19H23N3S/c1-12-11-19(3,4)22-16-8-7-14(10-15(12)16)18-21-13(2)17(23-18)6-5-9-20/h7-8,10,12,22H,5-6,11H2,1-4H3. The Balaban J connectivity index is 1.94. The number of nitrogens with zero attached hydrogens (tertiary/aromatic N) is 2. The van der Waals surface area contributed by atoms with E-state index in [0.29, 0.717) is 12.3 Å². The molecule has 4 heteroatoms. The van der Waals surface area contributed by atoms with Crippen LogP contribution in [0.2, 0.25) is 0 Å². The van der Waals surface area contributed by atoms with Gasteiger partial charge in [-0.1, -0.05) is 6.92 Å². The number of benzene rings is 1. The summed E-state index contributed by atoms with van der Waals surface area (Å²) in [5.41, 5.74) is 5.03. The molecule has 0 amide bonds. The first-order chi connectivity index (χ1) is 10.9. The Morgan fingerprint density at radius 3 is 2.96 bits per heavy atom. The third-order valence-corrected chi connectivity index (χ3v) is 5.74. The topological polar surface area (TPSA) is 48.7 Å². The lowest BCUT2D eigenvalue weighted by Gasteiger charge is -2.37. The molecule has 0 bridgehead atoms. The van der Waals surface area contributed by atoms with Crippen LogP contribution in [0.25, 0.3) is 10.6 Å². The van der Waals surface area contributed by atoms with E-state index in [1.54, 1.807) is 11.3 Å². The number of nitriles is 1. The molecule has 120 valence electrons. The maximum Gasteiger partial charge on any atom is 0.123 e. The van der Waals surface area contributed by atoms with Gasteiger partial charge >= 0.3 is 0 Å². The monoisotopic (exact) mass is 325 g/mol. The molecule has 1 aliphatic heterocycles. The quantitative estimate of drug-likeness (QED) is 0.836. The van der Waals surface area contributed by atoms with Crippen molar-refractivity contribution in [3.63, 3.8) is 0 Å². The zero-order chi connectivity index (χ0) is 16.6. The minimum atomic E-state index is 0.149.